The number of fused-ring (bicyclic) bond motifs is 1. The molecule has 4 aromatic rings. The second-order valence-corrected chi connectivity index (χ2v) is 11.9. The minimum atomic E-state index is -0.0185. The number of ether oxygens (including phenoxy) is 1. The first kappa shape index (κ1) is 34.0. The van der Waals surface area contributed by atoms with Crippen LogP contribution in [0, 0.1) is 0 Å². The largest absolute Gasteiger partial charge is 0.457 e. The summed E-state index contributed by atoms with van der Waals surface area (Å²) >= 11 is 0. The third-order valence-electron chi connectivity index (χ3n) is 8.58. The second kappa shape index (κ2) is 17.0. The van der Waals surface area contributed by atoms with Crippen molar-refractivity contribution in [3.8, 4) is 22.8 Å². The number of nitrogen functional groups attached to an aromatic ring is 1. The van der Waals surface area contributed by atoms with Crippen LogP contribution in [0.4, 0.5) is 5.82 Å². The van der Waals surface area contributed by atoms with Gasteiger partial charge in [-0.05, 0) is 75.8 Å². The number of nitrogens with one attached hydrogen (secondary N) is 1. The Kier molecular flexibility index (Phi) is 12.3. The van der Waals surface area contributed by atoms with Crippen LogP contribution in [0.2, 0.25) is 0 Å². The summed E-state index contributed by atoms with van der Waals surface area (Å²) in [5.74, 6) is 1.93. The highest BCUT2D eigenvalue weighted by Gasteiger charge is 2.28. The van der Waals surface area contributed by atoms with E-state index in [0.717, 1.165) is 99.8 Å². The lowest BCUT2D eigenvalue weighted by molar-refractivity contribution is -0.127. The molecule has 11 nitrogen and oxygen atoms in total. The zero-order valence-corrected chi connectivity index (χ0v) is 28.0. The van der Waals surface area contributed by atoms with Crippen molar-refractivity contribution in [2.45, 2.75) is 39.2 Å². The van der Waals surface area contributed by atoms with Gasteiger partial charge in [-0.2, -0.15) is 5.10 Å². The molecule has 0 saturated carbocycles. The first-order valence-electron chi connectivity index (χ1n) is 16.9. The highest BCUT2D eigenvalue weighted by atomic mass is 16.5. The third kappa shape index (κ3) is 8.94. The molecule has 1 amide bonds. The molecule has 1 atom stereocenters. The maximum Gasteiger partial charge on any atom is 0.246 e. The van der Waals surface area contributed by atoms with Gasteiger partial charge in [-0.3, -0.25) is 4.79 Å². The monoisotopic (exact) mass is 639 g/mol. The first-order chi connectivity index (χ1) is 23.0. The summed E-state index contributed by atoms with van der Waals surface area (Å²) in [6, 6.07) is 17.5. The van der Waals surface area contributed by atoms with Gasteiger partial charge in [0.2, 0.25) is 5.91 Å². The minimum absolute atomic E-state index is 0.0185. The van der Waals surface area contributed by atoms with Crippen LogP contribution in [0.15, 0.2) is 73.1 Å². The van der Waals surface area contributed by atoms with Crippen LogP contribution < -0.4 is 15.8 Å². The van der Waals surface area contributed by atoms with E-state index in [1.807, 2.05) is 84.1 Å². The van der Waals surface area contributed by atoms with Crippen LogP contribution in [-0.2, 0) is 4.79 Å². The van der Waals surface area contributed by atoms with E-state index in [9.17, 15) is 4.79 Å². The van der Waals surface area contributed by atoms with Crippen molar-refractivity contribution in [2.75, 3.05) is 71.7 Å². The summed E-state index contributed by atoms with van der Waals surface area (Å²) in [6.45, 7) is 12.6. The number of carbonyl (C=O) groups is 1. The molecule has 2 aromatic carbocycles. The van der Waals surface area contributed by atoms with Gasteiger partial charge in [0, 0.05) is 57.5 Å². The predicted molar refractivity (Wildman–Crippen MR) is 188 cm³/mol. The van der Waals surface area contributed by atoms with E-state index in [-0.39, 0.29) is 11.9 Å². The zero-order chi connectivity index (χ0) is 33.0. The van der Waals surface area contributed by atoms with E-state index in [4.69, 9.17) is 15.6 Å². The summed E-state index contributed by atoms with van der Waals surface area (Å²) in [7, 11) is 2.11. The molecule has 11 heteroatoms. The second-order valence-electron chi connectivity index (χ2n) is 11.9. The number of anilines is 1. The van der Waals surface area contributed by atoms with E-state index in [1.165, 1.54) is 6.33 Å². The molecule has 0 bridgehead atoms. The van der Waals surface area contributed by atoms with Gasteiger partial charge < -0.3 is 30.5 Å². The van der Waals surface area contributed by atoms with Gasteiger partial charge >= 0.3 is 0 Å². The highest BCUT2D eigenvalue weighted by molar-refractivity contribution is 5.98. The van der Waals surface area contributed by atoms with Gasteiger partial charge in [-0.25, -0.2) is 14.6 Å². The van der Waals surface area contributed by atoms with Crippen molar-refractivity contribution in [3.05, 3.63) is 73.1 Å². The van der Waals surface area contributed by atoms with E-state index in [2.05, 4.69) is 32.1 Å². The maximum absolute atomic E-state index is 13.2. The number of piperazine rings is 1. The summed E-state index contributed by atoms with van der Waals surface area (Å²) in [5.41, 5.74) is 8.67. The number of nitrogens with zero attached hydrogens (tertiary/aromatic N) is 7. The molecule has 6 rings (SSSR count). The van der Waals surface area contributed by atoms with E-state index in [1.54, 1.807) is 6.08 Å². The fraction of sp³-hybridized carbons (Fsp3) is 0.444. The number of para-hydroxylation sites is 1. The minimum Gasteiger partial charge on any atom is -0.457 e. The average Bonchev–Trinajstić information content (AvgIpc) is 3.51. The standard InChI is InChI=1S/C34H43N9O2.C2H6/c1-40(19-7-20-41-22-16-36-17-23-41)18-6-11-30(44)42-21-5-8-27(24-42)43-34-31(33(35)37-25-38-34)32(39-43)26-12-14-29(15-13-26)45-28-9-3-2-4-10-28;1-2/h2-4,6,9-15,25,27,36H,5,7-8,16-24H2,1H3,(H2,35,37,38);1-2H3/b11-6+;. The van der Waals surface area contributed by atoms with Gasteiger partial charge in [-0.15, -0.1) is 0 Å². The normalized spacial score (nSPS) is 17.2. The molecule has 0 radical (unpaired) electrons. The van der Waals surface area contributed by atoms with Gasteiger partial charge in [0.05, 0.1) is 11.4 Å². The Morgan fingerprint density at radius 2 is 1.79 bits per heavy atom. The number of hydrogen-bond donors (Lipinski definition) is 2. The number of piperidine rings is 1. The van der Waals surface area contributed by atoms with E-state index >= 15 is 0 Å². The number of rotatable bonds is 11. The Balaban J connectivity index is 0.00000213. The van der Waals surface area contributed by atoms with Crippen molar-refractivity contribution in [3.63, 3.8) is 0 Å². The molecule has 2 aromatic heterocycles. The molecule has 1 unspecified atom stereocenters. The number of nitrogens with two attached hydrogens (primary N) is 1. The molecule has 2 aliphatic rings. The van der Waals surface area contributed by atoms with E-state index < -0.39 is 0 Å². The summed E-state index contributed by atoms with van der Waals surface area (Å²) in [4.78, 5) is 28.8. The third-order valence-corrected chi connectivity index (χ3v) is 8.58. The highest BCUT2D eigenvalue weighted by Crippen LogP contribution is 2.35. The lowest BCUT2D eigenvalue weighted by atomic mass is 10.1. The van der Waals surface area contributed by atoms with Gasteiger partial charge in [0.25, 0.3) is 0 Å². The number of likely N-dealkylation sites (N-methyl/N-ethyl adjacent to an activating group) is 1. The fourth-order valence-corrected chi connectivity index (χ4v) is 6.14. The predicted octanol–water partition coefficient (Wildman–Crippen LogP) is 4.84. The quantitative estimate of drug-likeness (QED) is 0.222. The molecule has 47 heavy (non-hydrogen) atoms. The summed E-state index contributed by atoms with van der Waals surface area (Å²) < 4.78 is 7.91. The van der Waals surface area contributed by atoms with Crippen molar-refractivity contribution >= 4 is 22.8 Å². The van der Waals surface area contributed by atoms with Crippen molar-refractivity contribution in [1.82, 2.24) is 39.8 Å². The average molecular weight is 640 g/mol. The SMILES string of the molecule is CC.CN(C/C=C/C(=O)N1CCCC(n2nc(-c3ccc(Oc4ccccc4)cc3)c3c(N)ncnc32)C1)CCCN1CCNCC1. The number of hydrogen-bond acceptors (Lipinski definition) is 9. The van der Waals surface area contributed by atoms with Crippen LogP contribution in [-0.4, -0.2) is 106 Å². The van der Waals surface area contributed by atoms with Crippen LogP contribution in [0.3, 0.4) is 0 Å². The molecule has 3 N–H and O–H groups in total. The molecular formula is C36H49N9O2. The molecule has 2 aliphatic heterocycles. The Labute approximate surface area is 278 Å². The Morgan fingerprint density at radius 1 is 1.04 bits per heavy atom. The first-order valence-corrected chi connectivity index (χ1v) is 16.9. The van der Waals surface area contributed by atoms with Gasteiger partial charge in [-0.1, -0.05) is 38.1 Å². The molecule has 0 aliphatic carbocycles. The molecule has 4 heterocycles. The van der Waals surface area contributed by atoms with Crippen molar-refractivity contribution in [1.29, 1.82) is 0 Å². The lowest BCUT2D eigenvalue weighted by Crippen LogP contribution is -2.44. The fourth-order valence-electron chi connectivity index (χ4n) is 6.14. The van der Waals surface area contributed by atoms with Gasteiger partial charge in [0.1, 0.15) is 29.3 Å². The molecule has 0 spiro atoms. The molecule has 2 saturated heterocycles. The van der Waals surface area contributed by atoms with Crippen LogP contribution in [0.1, 0.15) is 39.2 Å². The topological polar surface area (TPSA) is 118 Å². The molecular weight excluding hydrogens is 590 g/mol. The van der Waals surface area contributed by atoms with Crippen LogP contribution in [0.25, 0.3) is 22.3 Å². The number of carbonyl (C=O) groups excluding carboxylic acids is 1. The Morgan fingerprint density at radius 3 is 2.55 bits per heavy atom. The maximum atomic E-state index is 13.2. The van der Waals surface area contributed by atoms with E-state index in [0.29, 0.717) is 18.0 Å². The van der Waals surface area contributed by atoms with Gasteiger partial charge in [0.15, 0.2) is 5.65 Å². The van der Waals surface area contributed by atoms with Crippen LogP contribution in [0.5, 0.6) is 11.5 Å². The zero-order valence-electron chi connectivity index (χ0n) is 28.0. The number of amides is 1. The number of benzene rings is 2. The summed E-state index contributed by atoms with van der Waals surface area (Å²) in [5, 5.41) is 9.14. The Bertz CT molecular complexity index is 1580. The number of aromatic nitrogens is 4. The van der Waals surface area contributed by atoms with Crippen LogP contribution >= 0.6 is 0 Å². The molecule has 250 valence electrons. The molecule has 2 fully saturated rings. The smallest absolute Gasteiger partial charge is 0.246 e. The number of likely N-dealkylation sites (tertiary alicyclic amines) is 1. The Hall–Kier alpha value is -4.32. The lowest BCUT2D eigenvalue weighted by Gasteiger charge is -2.32. The van der Waals surface area contributed by atoms with Crippen molar-refractivity contribution in [2.24, 2.45) is 0 Å². The summed E-state index contributed by atoms with van der Waals surface area (Å²) in [6.07, 6.45) is 8.10. The van der Waals surface area contributed by atoms with Crippen molar-refractivity contribution < 1.29 is 9.53 Å².